The van der Waals surface area contributed by atoms with Crippen molar-refractivity contribution in [2.45, 2.75) is 19.8 Å². The molecule has 4 heteroatoms. The Balaban J connectivity index is 2.10. The van der Waals surface area contributed by atoms with Crippen LogP contribution in [0.3, 0.4) is 0 Å². The molecule has 0 fully saturated rings. The number of carbonyl (C=O) groups excluding carboxylic acids is 1. The van der Waals surface area contributed by atoms with Crippen LogP contribution in [0.2, 0.25) is 0 Å². The van der Waals surface area contributed by atoms with Gasteiger partial charge in [0.2, 0.25) is 5.91 Å². The number of rotatable bonds is 5. The minimum atomic E-state index is -0.617. The topological polar surface area (TPSA) is 63.3 Å². The van der Waals surface area contributed by atoms with Crippen LogP contribution in [-0.4, -0.2) is 11.0 Å². The summed E-state index contributed by atoms with van der Waals surface area (Å²) < 4.78 is 13.8. The van der Waals surface area contributed by atoms with Gasteiger partial charge in [-0.05, 0) is 58.9 Å². The lowest BCUT2D eigenvalue weighted by Crippen LogP contribution is -2.11. The van der Waals surface area contributed by atoms with E-state index in [9.17, 15) is 14.3 Å². The Hall–Kier alpha value is -3.14. The number of hydrogen-bond donors (Lipinski definition) is 2. The van der Waals surface area contributed by atoms with E-state index in [1.54, 1.807) is 13.0 Å². The molecule has 3 aromatic rings. The third-order valence-corrected chi connectivity index (χ3v) is 4.40. The first-order chi connectivity index (χ1) is 12.5. The average Bonchev–Trinajstić information content (AvgIpc) is 2.64. The monoisotopic (exact) mass is 349 g/mol. The number of nitrogens with two attached hydrogens (primary N) is 1. The Morgan fingerprint density at radius 1 is 1.00 bits per heavy atom. The maximum absolute atomic E-state index is 13.8. The van der Waals surface area contributed by atoms with Crippen LogP contribution in [0.5, 0.6) is 5.75 Å². The van der Waals surface area contributed by atoms with E-state index in [4.69, 9.17) is 5.73 Å². The summed E-state index contributed by atoms with van der Waals surface area (Å²) in [4.78, 5) is 11.3. The highest BCUT2D eigenvalue weighted by atomic mass is 19.1. The number of aromatic hydroxyl groups is 1. The molecular formula is C22H20FNO2. The lowest BCUT2D eigenvalue weighted by molar-refractivity contribution is -0.117. The zero-order valence-corrected chi connectivity index (χ0v) is 14.5. The van der Waals surface area contributed by atoms with Crippen molar-refractivity contribution in [2.24, 2.45) is 5.73 Å². The molecule has 0 atom stereocenters. The first kappa shape index (κ1) is 17.7. The highest BCUT2D eigenvalue weighted by molar-refractivity contribution is 5.77. The maximum Gasteiger partial charge on any atom is 0.217 e. The zero-order chi connectivity index (χ0) is 18.7. The number of primary amides is 1. The number of hydrogen-bond acceptors (Lipinski definition) is 2. The van der Waals surface area contributed by atoms with Gasteiger partial charge in [0.1, 0.15) is 0 Å². The van der Waals surface area contributed by atoms with Gasteiger partial charge < -0.3 is 10.8 Å². The molecule has 0 aliphatic heterocycles. The molecule has 1 amide bonds. The van der Waals surface area contributed by atoms with Gasteiger partial charge in [-0.1, -0.05) is 48.5 Å². The molecule has 0 aromatic heterocycles. The molecule has 0 saturated carbocycles. The van der Waals surface area contributed by atoms with E-state index in [1.807, 2.05) is 48.5 Å². The first-order valence-corrected chi connectivity index (χ1v) is 8.42. The van der Waals surface area contributed by atoms with Crippen LogP contribution in [0.1, 0.15) is 17.5 Å². The highest BCUT2D eigenvalue weighted by Gasteiger charge is 2.13. The third kappa shape index (κ3) is 3.75. The standard InChI is InChI=1S/C22H20FNO2/c1-14-11-18(13-20(25)22(14)23)19-9-7-16(15-5-3-2-4-6-15)12-17(19)8-10-21(24)26/h2-7,9,11-13,25H,8,10H2,1H3,(H2,24,26). The summed E-state index contributed by atoms with van der Waals surface area (Å²) in [5.41, 5.74) is 10.3. The molecule has 3 nitrogen and oxygen atoms in total. The van der Waals surface area contributed by atoms with Crippen LogP contribution in [0.25, 0.3) is 22.3 Å². The summed E-state index contributed by atoms with van der Waals surface area (Å²) in [7, 11) is 0. The van der Waals surface area contributed by atoms with Crippen molar-refractivity contribution in [3.05, 3.63) is 77.6 Å². The molecule has 0 unspecified atom stereocenters. The van der Waals surface area contributed by atoms with Gasteiger partial charge in [-0.2, -0.15) is 0 Å². The lowest BCUT2D eigenvalue weighted by atomic mass is 9.91. The number of phenols is 1. The highest BCUT2D eigenvalue weighted by Crippen LogP contribution is 2.33. The van der Waals surface area contributed by atoms with Gasteiger partial charge in [0.15, 0.2) is 11.6 Å². The van der Waals surface area contributed by atoms with E-state index in [1.165, 1.54) is 6.07 Å². The fourth-order valence-electron chi connectivity index (χ4n) is 3.06. The second-order valence-corrected chi connectivity index (χ2v) is 6.33. The van der Waals surface area contributed by atoms with Crippen molar-refractivity contribution in [2.75, 3.05) is 0 Å². The van der Waals surface area contributed by atoms with Crippen molar-refractivity contribution in [3.8, 4) is 28.0 Å². The first-order valence-electron chi connectivity index (χ1n) is 8.42. The van der Waals surface area contributed by atoms with Crippen molar-refractivity contribution < 1.29 is 14.3 Å². The van der Waals surface area contributed by atoms with E-state index in [0.29, 0.717) is 17.5 Å². The van der Waals surface area contributed by atoms with Crippen LogP contribution < -0.4 is 5.73 Å². The molecule has 0 aliphatic carbocycles. The Kier molecular flexibility index (Phi) is 5.03. The zero-order valence-electron chi connectivity index (χ0n) is 14.5. The molecule has 0 radical (unpaired) electrons. The molecule has 0 saturated heterocycles. The van der Waals surface area contributed by atoms with Crippen LogP contribution >= 0.6 is 0 Å². The van der Waals surface area contributed by atoms with Crippen LogP contribution in [0.4, 0.5) is 4.39 Å². The number of carbonyl (C=O) groups is 1. The van der Waals surface area contributed by atoms with Gasteiger partial charge >= 0.3 is 0 Å². The molecule has 0 aliphatic rings. The Morgan fingerprint density at radius 3 is 2.38 bits per heavy atom. The predicted octanol–water partition coefficient (Wildman–Crippen LogP) is 4.59. The number of benzene rings is 3. The molecule has 0 heterocycles. The summed E-state index contributed by atoms with van der Waals surface area (Å²) in [5.74, 6) is -1.37. The van der Waals surface area contributed by atoms with Gasteiger partial charge in [-0.25, -0.2) is 4.39 Å². The van der Waals surface area contributed by atoms with E-state index in [2.05, 4.69) is 0 Å². The van der Waals surface area contributed by atoms with Crippen molar-refractivity contribution >= 4 is 5.91 Å². The Bertz CT molecular complexity index is 929. The number of halogens is 1. The molecule has 0 bridgehead atoms. The molecular weight excluding hydrogens is 329 g/mol. The largest absolute Gasteiger partial charge is 0.505 e. The Labute approximate surface area is 151 Å². The quantitative estimate of drug-likeness (QED) is 0.707. The van der Waals surface area contributed by atoms with Crippen molar-refractivity contribution in [3.63, 3.8) is 0 Å². The van der Waals surface area contributed by atoms with Gasteiger partial charge in [0, 0.05) is 6.42 Å². The van der Waals surface area contributed by atoms with E-state index >= 15 is 0 Å². The van der Waals surface area contributed by atoms with Crippen molar-refractivity contribution in [1.82, 2.24) is 0 Å². The number of aryl methyl sites for hydroxylation is 2. The molecule has 3 aromatic carbocycles. The van der Waals surface area contributed by atoms with E-state index < -0.39 is 5.82 Å². The van der Waals surface area contributed by atoms with E-state index in [0.717, 1.165) is 22.3 Å². The second-order valence-electron chi connectivity index (χ2n) is 6.33. The van der Waals surface area contributed by atoms with Gasteiger partial charge in [0.05, 0.1) is 0 Å². The average molecular weight is 349 g/mol. The number of phenolic OH excluding ortho intramolecular Hbond substituents is 1. The van der Waals surface area contributed by atoms with E-state index in [-0.39, 0.29) is 18.1 Å². The van der Waals surface area contributed by atoms with Gasteiger partial charge in [0.25, 0.3) is 0 Å². The molecule has 3 rings (SSSR count). The second kappa shape index (κ2) is 7.40. The maximum atomic E-state index is 13.8. The smallest absolute Gasteiger partial charge is 0.217 e. The summed E-state index contributed by atoms with van der Waals surface area (Å²) in [6, 6.07) is 19.0. The van der Waals surface area contributed by atoms with Gasteiger partial charge in [-0.15, -0.1) is 0 Å². The normalized spacial score (nSPS) is 10.7. The third-order valence-electron chi connectivity index (χ3n) is 4.40. The fraction of sp³-hybridized carbons (Fsp3) is 0.136. The molecule has 26 heavy (non-hydrogen) atoms. The SMILES string of the molecule is Cc1cc(-c2ccc(-c3ccccc3)cc2CCC(N)=O)cc(O)c1F. The summed E-state index contributed by atoms with van der Waals surface area (Å²) in [6.45, 7) is 1.61. The van der Waals surface area contributed by atoms with Gasteiger partial charge in [-0.3, -0.25) is 4.79 Å². The number of amides is 1. The molecule has 3 N–H and O–H groups in total. The lowest BCUT2D eigenvalue weighted by Gasteiger charge is -2.14. The Morgan fingerprint density at radius 2 is 1.73 bits per heavy atom. The summed E-state index contributed by atoms with van der Waals surface area (Å²) in [6.07, 6.45) is 0.694. The summed E-state index contributed by atoms with van der Waals surface area (Å²) in [5, 5.41) is 9.83. The molecule has 0 spiro atoms. The van der Waals surface area contributed by atoms with Crippen LogP contribution in [-0.2, 0) is 11.2 Å². The van der Waals surface area contributed by atoms with Crippen LogP contribution in [0, 0.1) is 12.7 Å². The van der Waals surface area contributed by atoms with Crippen molar-refractivity contribution in [1.29, 1.82) is 0 Å². The predicted molar refractivity (Wildman–Crippen MR) is 101 cm³/mol. The molecule has 132 valence electrons. The fourth-order valence-corrected chi connectivity index (χ4v) is 3.06. The van der Waals surface area contributed by atoms with Crippen LogP contribution in [0.15, 0.2) is 60.7 Å². The minimum absolute atomic E-state index is 0.220. The minimum Gasteiger partial charge on any atom is -0.505 e. The summed E-state index contributed by atoms with van der Waals surface area (Å²) >= 11 is 0.